The number of carbonyl (C=O) groups is 1. The van der Waals surface area contributed by atoms with E-state index in [1.54, 1.807) is 4.90 Å². The van der Waals surface area contributed by atoms with Crippen molar-refractivity contribution in [3.05, 3.63) is 0 Å². The van der Waals surface area contributed by atoms with Gasteiger partial charge in [0, 0.05) is 19.0 Å². The Morgan fingerprint density at radius 3 is 2.39 bits per heavy atom. The Hall–Kier alpha value is -1.50. The van der Waals surface area contributed by atoms with Gasteiger partial charge in [0.2, 0.25) is 0 Å². The molecule has 0 spiro atoms. The van der Waals surface area contributed by atoms with Gasteiger partial charge in [-0.25, -0.2) is 16.2 Å². The number of hydrazone groups is 1. The molecule has 1 aliphatic rings. The molecule has 0 atom stereocenters. The van der Waals surface area contributed by atoms with Gasteiger partial charge in [0.05, 0.1) is 0 Å². The fourth-order valence-electron chi connectivity index (χ4n) is 1.85. The van der Waals surface area contributed by atoms with Gasteiger partial charge in [-0.05, 0) is 33.6 Å². The van der Waals surface area contributed by atoms with Crippen molar-refractivity contribution in [3.8, 4) is 0 Å². The number of rotatable bonds is 2. The van der Waals surface area contributed by atoms with Crippen molar-refractivity contribution in [2.24, 2.45) is 22.6 Å². The number of nitrogens with one attached hydrogen (secondary N) is 1. The van der Waals surface area contributed by atoms with Crippen molar-refractivity contribution in [3.63, 3.8) is 0 Å². The summed E-state index contributed by atoms with van der Waals surface area (Å²) < 4.78 is 5.31. The first-order valence-electron chi connectivity index (χ1n) is 6.10. The third-order valence-electron chi connectivity index (χ3n) is 2.76. The van der Waals surface area contributed by atoms with Crippen molar-refractivity contribution >= 4 is 11.9 Å². The number of nitrogens with two attached hydrogens (primary N) is 2. The number of nitrogens with zero attached hydrogens (tertiary/aromatic N) is 2. The molecule has 104 valence electrons. The second-order valence-electron chi connectivity index (χ2n) is 5.41. The lowest BCUT2D eigenvalue weighted by Gasteiger charge is -2.33. The molecule has 0 radical (unpaired) electrons. The summed E-state index contributed by atoms with van der Waals surface area (Å²) in [5.41, 5.74) is 7.48. The lowest BCUT2D eigenvalue weighted by atomic mass is 9.96. The molecule has 5 N–H and O–H groups in total. The van der Waals surface area contributed by atoms with Crippen molar-refractivity contribution in [1.82, 2.24) is 10.4 Å². The number of piperidine rings is 1. The Bertz CT molecular complexity index is 316. The number of carbonyl (C=O) groups excluding carboxylic acids is 1. The summed E-state index contributed by atoms with van der Waals surface area (Å²) in [7, 11) is 0. The lowest BCUT2D eigenvalue weighted by molar-refractivity contribution is 0.0201. The summed E-state index contributed by atoms with van der Waals surface area (Å²) in [5.74, 6) is 5.73. The summed E-state index contributed by atoms with van der Waals surface area (Å²) in [6.07, 6.45) is 1.28. The van der Waals surface area contributed by atoms with Gasteiger partial charge in [-0.3, -0.25) is 0 Å². The fraction of sp³-hybridized carbons (Fsp3) is 0.818. The Labute approximate surface area is 107 Å². The number of likely N-dealkylation sites (tertiary alicyclic amines) is 1. The van der Waals surface area contributed by atoms with Crippen molar-refractivity contribution in [2.75, 3.05) is 13.1 Å². The van der Waals surface area contributed by atoms with Gasteiger partial charge in [0.15, 0.2) is 0 Å². The minimum Gasteiger partial charge on any atom is -0.444 e. The van der Waals surface area contributed by atoms with Gasteiger partial charge in [-0.1, -0.05) is 0 Å². The van der Waals surface area contributed by atoms with Crippen LogP contribution < -0.4 is 17.1 Å². The van der Waals surface area contributed by atoms with E-state index in [1.165, 1.54) is 0 Å². The van der Waals surface area contributed by atoms with E-state index in [0.29, 0.717) is 18.9 Å². The van der Waals surface area contributed by atoms with Crippen LogP contribution in [0.2, 0.25) is 0 Å². The largest absolute Gasteiger partial charge is 0.444 e. The first-order chi connectivity index (χ1) is 8.33. The molecular formula is C11H23N5O2. The minimum absolute atomic E-state index is 0.166. The fourth-order valence-corrected chi connectivity index (χ4v) is 1.85. The molecule has 7 nitrogen and oxygen atoms in total. The second kappa shape index (κ2) is 5.90. The zero-order chi connectivity index (χ0) is 13.8. The maximum Gasteiger partial charge on any atom is 0.410 e. The number of hydrazine groups is 1. The summed E-state index contributed by atoms with van der Waals surface area (Å²) in [4.78, 5) is 13.5. The molecule has 1 fully saturated rings. The van der Waals surface area contributed by atoms with Crippen LogP contribution in [0.3, 0.4) is 0 Å². The molecular weight excluding hydrogens is 234 g/mol. The summed E-state index contributed by atoms with van der Waals surface area (Å²) in [5, 5.41) is 3.77. The third kappa shape index (κ3) is 4.40. The number of amidine groups is 1. The quantitative estimate of drug-likeness (QED) is 0.287. The minimum atomic E-state index is -0.460. The van der Waals surface area contributed by atoms with Crippen LogP contribution in [0.1, 0.15) is 33.6 Å². The van der Waals surface area contributed by atoms with Crippen LogP contribution in [0, 0.1) is 5.92 Å². The molecule has 1 amide bonds. The molecule has 1 heterocycles. The highest BCUT2D eigenvalue weighted by atomic mass is 16.6. The number of hydrogen-bond donors (Lipinski definition) is 3. The molecule has 0 aliphatic carbocycles. The SMILES string of the molecule is CC(C)(C)OC(=O)N1CCC(C(N)=NNN)CC1. The first-order valence-corrected chi connectivity index (χ1v) is 6.10. The summed E-state index contributed by atoms with van der Waals surface area (Å²) in [6, 6.07) is 0. The molecule has 0 aromatic carbocycles. The van der Waals surface area contributed by atoms with Crippen LogP contribution >= 0.6 is 0 Å². The van der Waals surface area contributed by atoms with Crippen LogP contribution in [0.5, 0.6) is 0 Å². The van der Waals surface area contributed by atoms with E-state index in [4.69, 9.17) is 16.3 Å². The van der Waals surface area contributed by atoms with Crippen LogP contribution in [0.25, 0.3) is 0 Å². The van der Waals surface area contributed by atoms with Crippen LogP contribution in [-0.4, -0.2) is 35.5 Å². The number of ether oxygens (including phenoxy) is 1. The highest BCUT2D eigenvalue weighted by molar-refractivity contribution is 5.82. The maximum absolute atomic E-state index is 11.8. The molecule has 0 saturated carbocycles. The predicted octanol–water partition coefficient (Wildman–Crippen LogP) is 0.369. The highest BCUT2D eigenvalue weighted by Crippen LogP contribution is 2.19. The van der Waals surface area contributed by atoms with Gasteiger partial charge in [0.25, 0.3) is 0 Å². The molecule has 7 heteroatoms. The van der Waals surface area contributed by atoms with Gasteiger partial charge in [-0.2, -0.15) is 5.10 Å². The number of amides is 1. The Balaban J connectivity index is 2.44. The van der Waals surface area contributed by atoms with Gasteiger partial charge in [-0.15, -0.1) is 0 Å². The molecule has 0 bridgehead atoms. The van der Waals surface area contributed by atoms with E-state index in [9.17, 15) is 4.79 Å². The van der Waals surface area contributed by atoms with Crippen molar-refractivity contribution in [1.29, 1.82) is 0 Å². The van der Waals surface area contributed by atoms with E-state index in [2.05, 4.69) is 10.6 Å². The highest BCUT2D eigenvalue weighted by Gasteiger charge is 2.28. The van der Waals surface area contributed by atoms with E-state index >= 15 is 0 Å². The van der Waals surface area contributed by atoms with E-state index in [-0.39, 0.29) is 12.0 Å². The van der Waals surface area contributed by atoms with Gasteiger partial charge < -0.3 is 15.4 Å². The second-order valence-corrected chi connectivity index (χ2v) is 5.41. The normalized spacial score (nSPS) is 18.7. The van der Waals surface area contributed by atoms with Crippen LogP contribution in [0.15, 0.2) is 5.10 Å². The zero-order valence-corrected chi connectivity index (χ0v) is 11.3. The molecule has 0 unspecified atom stereocenters. The molecule has 1 saturated heterocycles. The van der Waals surface area contributed by atoms with Crippen LogP contribution in [0.4, 0.5) is 4.79 Å². The number of hydrogen-bond acceptors (Lipinski definition) is 5. The summed E-state index contributed by atoms with van der Waals surface area (Å²) >= 11 is 0. The topological polar surface area (TPSA) is 106 Å². The molecule has 0 aromatic rings. The lowest BCUT2D eigenvalue weighted by Crippen LogP contribution is -2.44. The van der Waals surface area contributed by atoms with E-state index in [0.717, 1.165) is 12.8 Å². The smallest absolute Gasteiger partial charge is 0.410 e. The van der Waals surface area contributed by atoms with Crippen molar-refractivity contribution < 1.29 is 9.53 Å². The first kappa shape index (κ1) is 14.6. The summed E-state index contributed by atoms with van der Waals surface area (Å²) in [6.45, 7) is 6.82. The molecule has 1 aliphatic heterocycles. The van der Waals surface area contributed by atoms with Gasteiger partial charge in [0.1, 0.15) is 11.4 Å². The monoisotopic (exact) mass is 257 g/mol. The van der Waals surface area contributed by atoms with Crippen molar-refractivity contribution in [2.45, 2.75) is 39.2 Å². The molecule has 18 heavy (non-hydrogen) atoms. The molecule has 0 aromatic heterocycles. The Morgan fingerprint density at radius 1 is 1.39 bits per heavy atom. The van der Waals surface area contributed by atoms with Crippen LogP contribution in [-0.2, 0) is 4.74 Å². The standard InChI is InChI=1S/C11H23N5O2/c1-11(2,3)18-10(17)16-6-4-8(5-7-16)9(12)14-15-13/h8,15H,4-7,13H2,1-3H3,(H2,12,14). The van der Waals surface area contributed by atoms with Gasteiger partial charge >= 0.3 is 6.09 Å². The Morgan fingerprint density at radius 2 is 1.94 bits per heavy atom. The zero-order valence-electron chi connectivity index (χ0n) is 11.3. The third-order valence-corrected chi connectivity index (χ3v) is 2.76. The van der Waals surface area contributed by atoms with E-state index in [1.807, 2.05) is 20.8 Å². The molecule has 1 rings (SSSR count). The van der Waals surface area contributed by atoms with E-state index < -0.39 is 5.60 Å². The average molecular weight is 257 g/mol. The maximum atomic E-state index is 11.8. The Kier molecular flexibility index (Phi) is 4.77. The predicted molar refractivity (Wildman–Crippen MR) is 69.5 cm³/mol. The average Bonchev–Trinajstić information content (AvgIpc) is 2.27.